The van der Waals surface area contributed by atoms with Crippen LogP contribution in [0.2, 0.25) is 0 Å². The van der Waals surface area contributed by atoms with E-state index in [-0.39, 0.29) is 22.5 Å². The Kier molecular flexibility index (Phi) is 5.21. The Morgan fingerprint density at radius 2 is 2.23 bits per heavy atom. The molecule has 0 spiro atoms. The third-order valence-corrected chi connectivity index (χ3v) is 3.56. The number of nitrogens with zero attached hydrogens (tertiary/aromatic N) is 2. The Balaban J connectivity index is 2.35. The van der Waals surface area contributed by atoms with Crippen molar-refractivity contribution in [1.29, 1.82) is 0 Å². The first-order valence-corrected chi connectivity index (χ1v) is 7.36. The monoisotopic (exact) mass is 319 g/mol. The van der Waals surface area contributed by atoms with Gasteiger partial charge in [0, 0.05) is 30.6 Å². The summed E-state index contributed by atoms with van der Waals surface area (Å²) in [4.78, 5) is 30.8. The molecule has 6 nitrogen and oxygen atoms in total. The molecule has 2 aromatic heterocycles. The van der Waals surface area contributed by atoms with Crippen molar-refractivity contribution >= 4 is 18.2 Å². The van der Waals surface area contributed by atoms with Crippen molar-refractivity contribution < 1.29 is 9.53 Å². The third-order valence-electron chi connectivity index (χ3n) is 3.26. The molecular formula is C15H17N3O3S. The minimum Gasteiger partial charge on any atom is -0.462 e. The number of H-pyrrole nitrogens is 1. The van der Waals surface area contributed by atoms with Crippen LogP contribution in [0, 0.1) is 11.6 Å². The highest BCUT2D eigenvalue weighted by atomic mass is 32.1. The molecule has 0 saturated carbocycles. The normalized spacial score (nSPS) is 10.5. The Hall–Kier alpha value is -2.28. The number of nitrogens with one attached hydrogen (secondary N) is 1. The third kappa shape index (κ3) is 3.48. The van der Waals surface area contributed by atoms with Crippen molar-refractivity contribution in [2.45, 2.75) is 26.8 Å². The fourth-order valence-corrected chi connectivity index (χ4v) is 2.48. The number of aromatic amines is 1. The molecule has 0 saturated heterocycles. The molecule has 2 aromatic rings. The molecule has 2 heterocycles. The lowest BCUT2D eigenvalue weighted by atomic mass is 10.2. The molecule has 7 heteroatoms. The highest BCUT2D eigenvalue weighted by molar-refractivity contribution is 7.71. The van der Waals surface area contributed by atoms with E-state index in [1.54, 1.807) is 20.0 Å². The summed E-state index contributed by atoms with van der Waals surface area (Å²) in [5, 5.41) is 0. The Labute approximate surface area is 132 Å². The number of carbonyl (C=O) groups excluding carboxylic acids is 1. The molecule has 116 valence electrons. The molecule has 22 heavy (non-hydrogen) atoms. The number of hydrogen-bond donors (Lipinski definition) is 1. The molecule has 0 bridgehead atoms. The van der Waals surface area contributed by atoms with Crippen LogP contribution in [0.1, 0.15) is 28.7 Å². The molecule has 1 N–H and O–H groups in total. The lowest BCUT2D eigenvalue weighted by Crippen LogP contribution is -2.29. The first-order chi connectivity index (χ1) is 10.5. The summed E-state index contributed by atoms with van der Waals surface area (Å²) in [6.07, 6.45) is 2.28. The second kappa shape index (κ2) is 7.13. The van der Waals surface area contributed by atoms with Crippen molar-refractivity contribution in [3.63, 3.8) is 0 Å². The fourth-order valence-electron chi connectivity index (χ4n) is 2.16. The van der Waals surface area contributed by atoms with Crippen molar-refractivity contribution in [2.24, 2.45) is 0 Å². The first-order valence-electron chi connectivity index (χ1n) is 6.95. The van der Waals surface area contributed by atoms with Gasteiger partial charge in [-0.05, 0) is 26.0 Å². The molecule has 2 rings (SSSR count). The van der Waals surface area contributed by atoms with Gasteiger partial charge in [0.25, 0.3) is 0 Å². The van der Waals surface area contributed by atoms with E-state index in [2.05, 4.69) is 9.97 Å². The highest BCUT2D eigenvalue weighted by Gasteiger charge is 2.17. The standard InChI is InChI=1S/C15H17N3O3S/c1-3-21-14(19)12-10(2)18(15(20)17-13(12)22)9-7-11-6-4-5-8-16-11/h4-6,8H,3,7,9H2,1-2H3,(H,17,20,22). The number of pyridine rings is 1. The highest BCUT2D eigenvalue weighted by Crippen LogP contribution is 2.09. The van der Waals surface area contributed by atoms with Crippen LogP contribution in [0.4, 0.5) is 0 Å². The van der Waals surface area contributed by atoms with E-state index < -0.39 is 5.97 Å². The van der Waals surface area contributed by atoms with Crippen LogP contribution in [0.15, 0.2) is 29.2 Å². The van der Waals surface area contributed by atoms with Crippen LogP contribution in [0.5, 0.6) is 0 Å². The van der Waals surface area contributed by atoms with E-state index in [1.807, 2.05) is 18.2 Å². The topological polar surface area (TPSA) is 77.0 Å². The maximum Gasteiger partial charge on any atom is 0.342 e. The Bertz CT molecular complexity index is 781. The van der Waals surface area contributed by atoms with Gasteiger partial charge in [0.05, 0.1) is 6.61 Å². The molecule has 0 radical (unpaired) electrons. The van der Waals surface area contributed by atoms with Gasteiger partial charge in [0.1, 0.15) is 10.2 Å². The minimum atomic E-state index is -0.521. The molecule has 0 unspecified atom stereocenters. The summed E-state index contributed by atoms with van der Waals surface area (Å²) in [5.41, 5.74) is 1.26. The summed E-state index contributed by atoms with van der Waals surface area (Å²) >= 11 is 5.07. The zero-order valence-electron chi connectivity index (χ0n) is 12.5. The number of aryl methyl sites for hydroxylation is 1. The van der Waals surface area contributed by atoms with Crippen molar-refractivity contribution in [3.05, 3.63) is 56.5 Å². The van der Waals surface area contributed by atoms with Gasteiger partial charge in [-0.15, -0.1) is 0 Å². The van der Waals surface area contributed by atoms with E-state index in [0.29, 0.717) is 18.7 Å². The second-order valence-electron chi connectivity index (χ2n) is 4.66. The van der Waals surface area contributed by atoms with E-state index in [0.717, 1.165) is 5.69 Å². The van der Waals surface area contributed by atoms with Crippen LogP contribution < -0.4 is 5.69 Å². The number of carbonyl (C=O) groups is 1. The Morgan fingerprint density at radius 1 is 1.45 bits per heavy atom. The van der Waals surface area contributed by atoms with Gasteiger partial charge in [-0.25, -0.2) is 9.59 Å². The van der Waals surface area contributed by atoms with Crippen LogP contribution in [-0.4, -0.2) is 27.1 Å². The van der Waals surface area contributed by atoms with Gasteiger partial charge >= 0.3 is 11.7 Å². The van der Waals surface area contributed by atoms with Crippen LogP contribution in [-0.2, 0) is 17.7 Å². The molecule has 0 aliphatic carbocycles. The van der Waals surface area contributed by atoms with E-state index in [4.69, 9.17) is 17.0 Å². The van der Waals surface area contributed by atoms with Crippen LogP contribution in [0.25, 0.3) is 0 Å². The van der Waals surface area contributed by atoms with Crippen molar-refractivity contribution in [1.82, 2.24) is 14.5 Å². The van der Waals surface area contributed by atoms with E-state index in [9.17, 15) is 9.59 Å². The number of aromatic nitrogens is 3. The zero-order chi connectivity index (χ0) is 16.1. The number of rotatable bonds is 5. The fraction of sp³-hybridized carbons (Fsp3) is 0.333. The predicted octanol–water partition coefficient (Wildman–Crippen LogP) is 2.03. The number of ether oxygens (including phenoxy) is 1. The van der Waals surface area contributed by atoms with Crippen LogP contribution >= 0.6 is 12.2 Å². The molecule has 0 amide bonds. The molecule has 0 atom stereocenters. The lowest BCUT2D eigenvalue weighted by molar-refractivity contribution is 0.0522. The van der Waals surface area contributed by atoms with Gasteiger partial charge in [-0.1, -0.05) is 18.3 Å². The average molecular weight is 319 g/mol. The minimum absolute atomic E-state index is 0.107. The van der Waals surface area contributed by atoms with Gasteiger partial charge in [-0.3, -0.25) is 14.5 Å². The second-order valence-corrected chi connectivity index (χ2v) is 5.07. The number of esters is 1. The summed E-state index contributed by atoms with van der Waals surface area (Å²) < 4.78 is 6.58. The lowest BCUT2D eigenvalue weighted by Gasteiger charge is -2.13. The summed E-state index contributed by atoms with van der Waals surface area (Å²) in [6.45, 7) is 4.06. The van der Waals surface area contributed by atoms with Crippen LogP contribution in [0.3, 0.4) is 0 Å². The Morgan fingerprint density at radius 3 is 2.86 bits per heavy atom. The summed E-state index contributed by atoms with van der Waals surface area (Å²) in [6, 6.07) is 5.61. The largest absolute Gasteiger partial charge is 0.462 e. The van der Waals surface area contributed by atoms with Crippen molar-refractivity contribution in [2.75, 3.05) is 6.61 Å². The summed E-state index contributed by atoms with van der Waals surface area (Å²) in [7, 11) is 0. The quantitative estimate of drug-likeness (QED) is 0.674. The van der Waals surface area contributed by atoms with E-state index >= 15 is 0 Å². The van der Waals surface area contributed by atoms with E-state index in [1.165, 1.54) is 4.57 Å². The first kappa shape index (κ1) is 16.1. The van der Waals surface area contributed by atoms with Gasteiger partial charge < -0.3 is 4.74 Å². The van der Waals surface area contributed by atoms with Gasteiger partial charge in [-0.2, -0.15) is 0 Å². The smallest absolute Gasteiger partial charge is 0.342 e. The molecule has 0 fully saturated rings. The van der Waals surface area contributed by atoms with Gasteiger partial charge in [0.2, 0.25) is 0 Å². The van der Waals surface area contributed by atoms with Gasteiger partial charge in [0.15, 0.2) is 0 Å². The molecule has 0 aliphatic heterocycles. The number of hydrogen-bond acceptors (Lipinski definition) is 5. The maximum absolute atomic E-state index is 12.1. The molecule has 0 aromatic carbocycles. The zero-order valence-corrected chi connectivity index (χ0v) is 13.3. The predicted molar refractivity (Wildman–Crippen MR) is 84.5 cm³/mol. The van der Waals surface area contributed by atoms with Crippen molar-refractivity contribution in [3.8, 4) is 0 Å². The maximum atomic E-state index is 12.1. The molecular weight excluding hydrogens is 302 g/mol. The average Bonchev–Trinajstić information content (AvgIpc) is 2.48. The summed E-state index contributed by atoms with van der Waals surface area (Å²) in [5.74, 6) is -0.521. The molecule has 0 aliphatic rings. The SMILES string of the molecule is CCOC(=O)c1c(C)n(CCc2ccccn2)c(=O)[nH]c1=S.